The van der Waals surface area contributed by atoms with Crippen LogP contribution in [0.25, 0.3) is 10.8 Å². The highest BCUT2D eigenvalue weighted by atomic mass is 35.5. The summed E-state index contributed by atoms with van der Waals surface area (Å²) in [6.45, 7) is 1.86. The summed E-state index contributed by atoms with van der Waals surface area (Å²) in [5, 5.41) is 2.81. The normalized spacial score (nSPS) is 10.7. The van der Waals surface area contributed by atoms with Gasteiger partial charge in [0.15, 0.2) is 6.61 Å². The van der Waals surface area contributed by atoms with Gasteiger partial charge in [0.25, 0.3) is 0 Å². The quantitative estimate of drug-likeness (QED) is 0.551. The summed E-state index contributed by atoms with van der Waals surface area (Å²) in [4.78, 5) is 15.8. The van der Waals surface area contributed by atoms with Gasteiger partial charge in [-0.25, -0.2) is 9.78 Å². The van der Waals surface area contributed by atoms with Crippen LogP contribution in [0.2, 0.25) is 10.0 Å². The Morgan fingerprint density at radius 3 is 2.50 bits per heavy atom. The number of rotatable bonds is 6. The fourth-order valence-corrected chi connectivity index (χ4v) is 2.96. The number of benzene rings is 2. The minimum absolute atomic E-state index is 0.195. The zero-order valence-electron chi connectivity index (χ0n) is 14.2. The largest absolute Gasteiger partial charge is 0.465 e. The van der Waals surface area contributed by atoms with Gasteiger partial charge in [-0.1, -0.05) is 47.5 Å². The average Bonchev–Trinajstić information content (AvgIpc) is 2.63. The van der Waals surface area contributed by atoms with Crippen molar-refractivity contribution < 1.29 is 14.3 Å². The number of carbonyl (C=O) groups is 1. The highest BCUT2D eigenvalue weighted by Crippen LogP contribution is 2.30. The van der Waals surface area contributed by atoms with E-state index >= 15 is 0 Å². The second kappa shape index (κ2) is 8.39. The molecule has 0 saturated carbocycles. The molecule has 0 atom stereocenters. The molecule has 1 heterocycles. The fraction of sp³-hybridized carbons (Fsp3) is 0.200. The number of hydrogen-bond donors (Lipinski definition) is 0. The van der Waals surface area contributed by atoms with Gasteiger partial charge in [0.05, 0.1) is 17.8 Å². The Bertz CT molecular complexity index is 926. The van der Waals surface area contributed by atoms with Crippen LogP contribution >= 0.6 is 23.2 Å². The molecule has 2 aromatic carbocycles. The minimum Gasteiger partial charge on any atom is -0.465 e. The van der Waals surface area contributed by atoms with E-state index in [4.69, 9.17) is 32.7 Å². The van der Waals surface area contributed by atoms with Crippen LogP contribution < -0.4 is 4.74 Å². The number of esters is 1. The van der Waals surface area contributed by atoms with Gasteiger partial charge in [0.2, 0.25) is 5.88 Å². The zero-order valence-corrected chi connectivity index (χ0v) is 15.7. The van der Waals surface area contributed by atoms with E-state index < -0.39 is 5.97 Å². The lowest BCUT2D eigenvalue weighted by molar-refractivity contribution is -0.145. The van der Waals surface area contributed by atoms with Gasteiger partial charge < -0.3 is 9.47 Å². The molecule has 3 rings (SSSR count). The van der Waals surface area contributed by atoms with Crippen LogP contribution in [-0.2, 0) is 16.0 Å². The highest BCUT2D eigenvalue weighted by Gasteiger charge is 2.11. The lowest BCUT2D eigenvalue weighted by Gasteiger charge is -2.11. The lowest BCUT2D eigenvalue weighted by atomic mass is 10.0. The van der Waals surface area contributed by atoms with E-state index in [1.807, 2.05) is 42.5 Å². The van der Waals surface area contributed by atoms with Crippen molar-refractivity contribution in [3.63, 3.8) is 0 Å². The Labute approximate surface area is 161 Å². The van der Waals surface area contributed by atoms with Gasteiger partial charge >= 0.3 is 5.97 Å². The van der Waals surface area contributed by atoms with Gasteiger partial charge in [0.1, 0.15) is 0 Å². The van der Waals surface area contributed by atoms with E-state index in [1.165, 1.54) is 6.20 Å². The van der Waals surface area contributed by atoms with Crippen molar-refractivity contribution in [3.05, 3.63) is 69.8 Å². The standard InChI is InChI=1S/C20H17Cl2NO3/c1-2-25-19(24)12-26-20-17-10-14(5-8-16(17)18(22)11-23-20)9-13-3-6-15(21)7-4-13/h3-8,10-11H,2,9,12H2,1H3. The maximum absolute atomic E-state index is 11.5. The fourth-order valence-electron chi connectivity index (χ4n) is 2.62. The second-order valence-electron chi connectivity index (χ2n) is 5.69. The molecule has 0 fully saturated rings. The number of nitrogens with zero attached hydrogens (tertiary/aromatic N) is 1. The van der Waals surface area contributed by atoms with Gasteiger partial charge in [-0.05, 0) is 42.7 Å². The Hall–Kier alpha value is -2.30. The molecule has 0 unspecified atom stereocenters. The van der Waals surface area contributed by atoms with Crippen molar-refractivity contribution in [3.8, 4) is 5.88 Å². The topological polar surface area (TPSA) is 48.4 Å². The molecular formula is C20H17Cl2NO3. The summed E-state index contributed by atoms with van der Waals surface area (Å²) in [6, 6.07) is 13.6. The van der Waals surface area contributed by atoms with Crippen LogP contribution in [-0.4, -0.2) is 24.2 Å². The first-order valence-electron chi connectivity index (χ1n) is 8.17. The van der Waals surface area contributed by atoms with Crippen LogP contribution in [0.3, 0.4) is 0 Å². The van der Waals surface area contributed by atoms with E-state index in [-0.39, 0.29) is 6.61 Å². The van der Waals surface area contributed by atoms with Crippen LogP contribution in [0.1, 0.15) is 18.1 Å². The van der Waals surface area contributed by atoms with Crippen molar-refractivity contribution in [1.29, 1.82) is 0 Å². The zero-order chi connectivity index (χ0) is 18.5. The van der Waals surface area contributed by atoms with Crippen molar-refractivity contribution in [2.24, 2.45) is 0 Å². The molecular weight excluding hydrogens is 373 g/mol. The van der Waals surface area contributed by atoms with E-state index in [0.29, 0.717) is 22.5 Å². The van der Waals surface area contributed by atoms with Gasteiger partial charge in [-0.15, -0.1) is 0 Å². The molecule has 1 aromatic heterocycles. The van der Waals surface area contributed by atoms with Crippen molar-refractivity contribution in [2.45, 2.75) is 13.3 Å². The Morgan fingerprint density at radius 1 is 1.04 bits per heavy atom. The molecule has 0 aliphatic rings. The molecule has 3 aromatic rings. The summed E-state index contributed by atoms with van der Waals surface area (Å²) >= 11 is 12.2. The third kappa shape index (κ3) is 4.45. The van der Waals surface area contributed by atoms with E-state index in [1.54, 1.807) is 6.92 Å². The number of fused-ring (bicyclic) bond motifs is 1. The molecule has 134 valence electrons. The molecule has 0 radical (unpaired) electrons. The van der Waals surface area contributed by atoms with Crippen LogP contribution in [0.15, 0.2) is 48.7 Å². The third-order valence-corrected chi connectivity index (χ3v) is 4.37. The lowest BCUT2D eigenvalue weighted by Crippen LogP contribution is -2.15. The minimum atomic E-state index is -0.435. The molecule has 4 nitrogen and oxygen atoms in total. The molecule has 0 aliphatic carbocycles. The molecule has 0 bridgehead atoms. The van der Waals surface area contributed by atoms with Gasteiger partial charge in [-0.3, -0.25) is 0 Å². The molecule has 26 heavy (non-hydrogen) atoms. The molecule has 0 N–H and O–H groups in total. The van der Waals surface area contributed by atoms with E-state index in [9.17, 15) is 4.79 Å². The van der Waals surface area contributed by atoms with Crippen molar-refractivity contribution in [1.82, 2.24) is 4.98 Å². The Morgan fingerprint density at radius 2 is 1.77 bits per heavy atom. The molecule has 6 heteroatoms. The summed E-state index contributed by atoms with van der Waals surface area (Å²) < 4.78 is 10.4. The number of hydrogen-bond acceptors (Lipinski definition) is 4. The first-order chi connectivity index (χ1) is 12.6. The smallest absolute Gasteiger partial charge is 0.344 e. The Kier molecular flexibility index (Phi) is 5.96. The predicted molar refractivity (Wildman–Crippen MR) is 103 cm³/mol. The first kappa shape index (κ1) is 18.5. The summed E-state index contributed by atoms with van der Waals surface area (Å²) in [7, 11) is 0. The maximum Gasteiger partial charge on any atom is 0.344 e. The van der Waals surface area contributed by atoms with E-state index in [2.05, 4.69) is 4.98 Å². The second-order valence-corrected chi connectivity index (χ2v) is 6.53. The Balaban J connectivity index is 1.89. The average molecular weight is 390 g/mol. The van der Waals surface area contributed by atoms with Gasteiger partial charge in [-0.2, -0.15) is 0 Å². The maximum atomic E-state index is 11.5. The molecule has 0 aliphatic heterocycles. The third-order valence-electron chi connectivity index (χ3n) is 3.82. The van der Waals surface area contributed by atoms with Crippen LogP contribution in [0.4, 0.5) is 0 Å². The number of aromatic nitrogens is 1. The predicted octanol–water partition coefficient (Wildman–Crippen LogP) is 5.07. The van der Waals surface area contributed by atoms with Crippen molar-refractivity contribution >= 4 is 39.9 Å². The molecule has 0 saturated heterocycles. The monoisotopic (exact) mass is 389 g/mol. The van der Waals surface area contributed by atoms with Crippen LogP contribution in [0, 0.1) is 0 Å². The van der Waals surface area contributed by atoms with E-state index in [0.717, 1.165) is 28.3 Å². The highest BCUT2D eigenvalue weighted by molar-refractivity contribution is 6.35. The van der Waals surface area contributed by atoms with Crippen LogP contribution in [0.5, 0.6) is 5.88 Å². The summed E-state index contributed by atoms with van der Waals surface area (Å²) in [5.41, 5.74) is 2.21. The number of ether oxygens (including phenoxy) is 2. The summed E-state index contributed by atoms with van der Waals surface area (Å²) in [6.07, 6.45) is 2.25. The SMILES string of the molecule is CCOC(=O)COc1ncc(Cl)c2ccc(Cc3ccc(Cl)cc3)cc12. The summed E-state index contributed by atoms with van der Waals surface area (Å²) in [5.74, 6) is -0.0786. The first-order valence-corrected chi connectivity index (χ1v) is 8.92. The molecule has 0 spiro atoms. The number of pyridine rings is 1. The number of halogens is 2. The van der Waals surface area contributed by atoms with Gasteiger partial charge in [0, 0.05) is 15.8 Å². The van der Waals surface area contributed by atoms with Crippen molar-refractivity contribution in [2.75, 3.05) is 13.2 Å². The molecule has 0 amide bonds. The number of carbonyl (C=O) groups excluding carboxylic acids is 1.